The number of methoxy groups -OCH3 is 1. The zero-order chi connectivity index (χ0) is 22.8. The third kappa shape index (κ3) is 4.15. The van der Waals surface area contributed by atoms with Gasteiger partial charge in [0.15, 0.2) is 11.2 Å². The second-order valence-electron chi connectivity index (χ2n) is 7.18. The summed E-state index contributed by atoms with van der Waals surface area (Å²) >= 11 is 5.99. The first kappa shape index (κ1) is 21.4. The van der Waals surface area contributed by atoms with Crippen LogP contribution in [0.15, 0.2) is 63.2 Å². The van der Waals surface area contributed by atoms with Crippen molar-refractivity contribution < 1.29 is 4.74 Å². The standard InChI is InChI=1S/C22H21ClN6O3/c1-13(15-6-10-17(32-3)11-7-15)26-27-21-24-19-18(20(30)25-22(31)28(19)2)29(21)12-14-4-8-16(23)9-5-14/h4-11H,12H2,1-3H3,(H,24,27)(H,25,30,31). The quantitative estimate of drug-likeness (QED) is 0.345. The summed E-state index contributed by atoms with van der Waals surface area (Å²) in [4.78, 5) is 31.5. The van der Waals surface area contributed by atoms with Crippen molar-refractivity contribution in [3.63, 3.8) is 0 Å². The first-order chi connectivity index (χ1) is 15.4. The van der Waals surface area contributed by atoms with Crippen LogP contribution in [0.4, 0.5) is 5.95 Å². The number of rotatable bonds is 6. The maximum absolute atomic E-state index is 12.6. The highest BCUT2D eigenvalue weighted by Crippen LogP contribution is 2.19. The van der Waals surface area contributed by atoms with Gasteiger partial charge in [-0.05, 0) is 54.4 Å². The summed E-state index contributed by atoms with van der Waals surface area (Å²) in [6, 6.07) is 14.7. The average Bonchev–Trinajstić information content (AvgIpc) is 3.16. The minimum atomic E-state index is -0.539. The molecule has 0 saturated carbocycles. The summed E-state index contributed by atoms with van der Waals surface area (Å²) in [5.41, 5.74) is 4.92. The number of hydrazone groups is 1. The number of benzene rings is 2. The van der Waals surface area contributed by atoms with Crippen LogP contribution in [0.3, 0.4) is 0 Å². The molecule has 2 heterocycles. The van der Waals surface area contributed by atoms with Crippen LogP contribution in [0.5, 0.6) is 5.75 Å². The number of ether oxygens (including phenoxy) is 1. The molecule has 2 aromatic carbocycles. The Morgan fingerprint density at radius 2 is 1.84 bits per heavy atom. The van der Waals surface area contributed by atoms with Gasteiger partial charge < -0.3 is 4.74 Å². The molecular weight excluding hydrogens is 432 g/mol. The minimum Gasteiger partial charge on any atom is -0.497 e. The Hall–Kier alpha value is -3.85. The Balaban J connectivity index is 1.77. The molecule has 9 nitrogen and oxygen atoms in total. The van der Waals surface area contributed by atoms with Gasteiger partial charge >= 0.3 is 5.69 Å². The lowest BCUT2D eigenvalue weighted by atomic mass is 10.1. The number of aromatic amines is 1. The number of H-pyrrole nitrogens is 1. The van der Waals surface area contributed by atoms with Gasteiger partial charge in [0.1, 0.15) is 5.75 Å². The normalized spacial score (nSPS) is 11.7. The van der Waals surface area contributed by atoms with Crippen molar-refractivity contribution in [1.29, 1.82) is 0 Å². The van der Waals surface area contributed by atoms with Crippen molar-refractivity contribution in [2.75, 3.05) is 12.5 Å². The average molecular weight is 453 g/mol. The summed E-state index contributed by atoms with van der Waals surface area (Å²) in [7, 11) is 3.16. The molecule has 0 aliphatic heterocycles. The third-order valence-electron chi connectivity index (χ3n) is 5.09. The molecule has 0 aliphatic carbocycles. The lowest BCUT2D eigenvalue weighted by Crippen LogP contribution is -2.29. The maximum Gasteiger partial charge on any atom is 0.329 e. The van der Waals surface area contributed by atoms with Crippen LogP contribution in [0, 0.1) is 0 Å². The second kappa shape index (κ2) is 8.72. The van der Waals surface area contributed by atoms with E-state index in [0.717, 1.165) is 16.9 Å². The van der Waals surface area contributed by atoms with Crippen LogP contribution in [-0.4, -0.2) is 31.9 Å². The van der Waals surface area contributed by atoms with Gasteiger partial charge in [-0.3, -0.25) is 18.9 Å². The predicted octanol–water partition coefficient (Wildman–Crippen LogP) is 2.97. The summed E-state index contributed by atoms with van der Waals surface area (Å²) in [6.07, 6.45) is 0. The Kier molecular flexibility index (Phi) is 5.83. The number of imidazole rings is 1. The van der Waals surface area contributed by atoms with E-state index in [1.54, 1.807) is 30.9 Å². The molecule has 0 spiro atoms. The van der Waals surface area contributed by atoms with Crippen molar-refractivity contribution >= 4 is 34.4 Å². The van der Waals surface area contributed by atoms with E-state index in [-0.39, 0.29) is 11.2 Å². The molecule has 10 heteroatoms. The van der Waals surface area contributed by atoms with Gasteiger partial charge in [-0.25, -0.2) is 10.2 Å². The summed E-state index contributed by atoms with van der Waals surface area (Å²) in [5.74, 6) is 1.08. The van der Waals surface area contributed by atoms with Crippen molar-refractivity contribution in [2.24, 2.45) is 12.1 Å². The molecule has 4 rings (SSSR count). The number of anilines is 1. The fraction of sp³-hybridized carbons (Fsp3) is 0.182. The zero-order valence-electron chi connectivity index (χ0n) is 17.7. The molecule has 0 amide bonds. The highest BCUT2D eigenvalue weighted by atomic mass is 35.5. The van der Waals surface area contributed by atoms with E-state index in [1.165, 1.54) is 4.57 Å². The summed E-state index contributed by atoms with van der Waals surface area (Å²) in [5, 5.41) is 5.05. The number of aryl methyl sites for hydroxylation is 1. The summed E-state index contributed by atoms with van der Waals surface area (Å²) < 4.78 is 8.16. The van der Waals surface area contributed by atoms with Gasteiger partial charge in [-0.15, -0.1) is 0 Å². The monoisotopic (exact) mass is 452 g/mol. The van der Waals surface area contributed by atoms with E-state index in [2.05, 4.69) is 20.5 Å². The molecule has 0 bridgehead atoms. The van der Waals surface area contributed by atoms with Crippen LogP contribution < -0.4 is 21.4 Å². The number of hydrogen-bond acceptors (Lipinski definition) is 6. The van der Waals surface area contributed by atoms with Gasteiger partial charge in [0.25, 0.3) is 5.56 Å². The van der Waals surface area contributed by atoms with E-state index in [9.17, 15) is 9.59 Å². The van der Waals surface area contributed by atoms with E-state index < -0.39 is 11.2 Å². The Morgan fingerprint density at radius 1 is 1.16 bits per heavy atom. The van der Waals surface area contributed by atoms with Crippen molar-refractivity contribution in [2.45, 2.75) is 13.5 Å². The molecule has 0 radical (unpaired) electrons. The van der Waals surface area contributed by atoms with Crippen LogP contribution in [-0.2, 0) is 13.6 Å². The smallest absolute Gasteiger partial charge is 0.329 e. The highest BCUT2D eigenvalue weighted by molar-refractivity contribution is 6.30. The van der Waals surface area contributed by atoms with E-state index in [4.69, 9.17) is 16.3 Å². The minimum absolute atomic E-state index is 0.257. The predicted molar refractivity (Wildman–Crippen MR) is 125 cm³/mol. The lowest BCUT2D eigenvalue weighted by Gasteiger charge is -2.09. The Bertz CT molecular complexity index is 1420. The largest absolute Gasteiger partial charge is 0.497 e. The molecule has 0 fully saturated rings. The van der Waals surface area contributed by atoms with Crippen LogP contribution >= 0.6 is 11.6 Å². The number of nitrogens with one attached hydrogen (secondary N) is 2. The number of aromatic nitrogens is 4. The second-order valence-corrected chi connectivity index (χ2v) is 7.61. The van der Waals surface area contributed by atoms with Gasteiger partial charge in [0.05, 0.1) is 19.4 Å². The first-order valence-electron chi connectivity index (χ1n) is 9.76. The Labute approximate surface area is 187 Å². The molecule has 0 atom stereocenters. The van der Waals surface area contributed by atoms with Crippen molar-refractivity contribution in [3.05, 3.63) is 85.5 Å². The maximum atomic E-state index is 12.6. The third-order valence-corrected chi connectivity index (χ3v) is 5.34. The Morgan fingerprint density at radius 3 is 2.50 bits per heavy atom. The highest BCUT2D eigenvalue weighted by Gasteiger charge is 2.17. The molecule has 0 saturated heterocycles. The van der Waals surface area contributed by atoms with Gasteiger partial charge in [-0.2, -0.15) is 10.1 Å². The van der Waals surface area contributed by atoms with Gasteiger partial charge in [0, 0.05) is 12.1 Å². The molecule has 0 unspecified atom stereocenters. The molecule has 2 aromatic heterocycles. The molecule has 0 aliphatic rings. The number of halogens is 1. The van der Waals surface area contributed by atoms with Crippen molar-refractivity contribution in [1.82, 2.24) is 19.1 Å². The molecule has 4 aromatic rings. The van der Waals surface area contributed by atoms with Gasteiger partial charge in [0.2, 0.25) is 5.95 Å². The number of nitrogens with zero attached hydrogens (tertiary/aromatic N) is 4. The van der Waals surface area contributed by atoms with Crippen molar-refractivity contribution in [3.8, 4) is 5.75 Å². The van der Waals surface area contributed by atoms with E-state index >= 15 is 0 Å². The van der Waals surface area contributed by atoms with E-state index in [0.29, 0.717) is 23.2 Å². The topological polar surface area (TPSA) is 106 Å². The first-order valence-corrected chi connectivity index (χ1v) is 10.1. The lowest BCUT2D eigenvalue weighted by molar-refractivity contribution is 0.415. The molecule has 2 N–H and O–H groups in total. The number of fused-ring (bicyclic) bond motifs is 1. The van der Waals surface area contributed by atoms with Crippen LogP contribution in [0.1, 0.15) is 18.1 Å². The zero-order valence-corrected chi connectivity index (χ0v) is 18.5. The SMILES string of the molecule is COc1ccc(C(C)=NNc2nc3c(c(=O)[nH]c(=O)n3C)n2Cc2ccc(Cl)cc2)cc1. The molecular formula is C22H21ClN6O3. The molecule has 164 valence electrons. The fourth-order valence-electron chi connectivity index (χ4n) is 3.28. The fourth-order valence-corrected chi connectivity index (χ4v) is 3.40. The van der Waals surface area contributed by atoms with E-state index in [1.807, 2.05) is 43.3 Å². The molecule has 32 heavy (non-hydrogen) atoms. The van der Waals surface area contributed by atoms with Crippen LogP contribution in [0.25, 0.3) is 11.2 Å². The number of hydrogen-bond donors (Lipinski definition) is 2. The van der Waals surface area contributed by atoms with Gasteiger partial charge in [-0.1, -0.05) is 23.7 Å². The summed E-state index contributed by atoms with van der Waals surface area (Å²) in [6.45, 7) is 2.18. The van der Waals surface area contributed by atoms with Crippen LogP contribution in [0.2, 0.25) is 5.02 Å².